The molecule has 122 valence electrons. The average molecular weight is 323 g/mol. The molecule has 2 heterocycles. The molecule has 0 spiro atoms. The number of rotatable bonds is 4. The molecule has 1 aromatic carbocycles. The Morgan fingerprint density at radius 1 is 1.25 bits per heavy atom. The second-order valence-corrected chi connectivity index (χ2v) is 5.70. The molecule has 7 nitrogen and oxygen atoms in total. The van der Waals surface area contributed by atoms with E-state index in [1.807, 2.05) is 6.07 Å². The summed E-state index contributed by atoms with van der Waals surface area (Å²) in [4.78, 5) is 17.2. The van der Waals surface area contributed by atoms with Crippen LogP contribution in [0.25, 0.3) is 0 Å². The molecule has 24 heavy (non-hydrogen) atoms. The van der Waals surface area contributed by atoms with Gasteiger partial charge < -0.3 is 10.2 Å². The number of nitro groups is 1. The van der Waals surface area contributed by atoms with Gasteiger partial charge in [-0.15, -0.1) is 0 Å². The van der Waals surface area contributed by atoms with Crippen molar-refractivity contribution < 1.29 is 4.92 Å². The zero-order valence-corrected chi connectivity index (χ0v) is 13.1. The number of anilines is 2. The highest BCUT2D eigenvalue weighted by molar-refractivity contribution is 5.61. The summed E-state index contributed by atoms with van der Waals surface area (Å²) in [5.41, 5.74) is 1.22. The molecule has 1 aliphatic rings. The molecule has 2 aromatic rings. The molecule has 1 aliphatic heterocycles. The molecule has 0 amide bonds. The number of pyridine rings is 1. The lowest BCUT2D eigenvalue weighted by atomic mass is 10.0. The maximum Gasteiger partial charge on any atom is 0.292 e. The van der Waals surface area contributed by atoms with Crippen LogP contribution in [0.2, 0.25) is 0 Å². The van der Waals surface area contributed by atoms with E-state index < -0.39 is 0 Å². The van der Waals surface area contributed by atoms with Crippen molar-refractivity contribution in [3.05, 3.63) is 58.3 Å². The van der Waals surface area contributed by atoms with Crippen molar-refractivity contribution in [2.24, 2.45) is 0 Å². The number of nitro benzene ring substituents is 1. The van der Waals surface area contributed by atoms with Crippen LogP contribution in [0.15, 0.2) is 42.6 Å². The molecule has 0 radical (unpaired) electrons. The fourth-order valence-electron chi connectivity index (χ4n) is 2.87. The minimum absolute atomic E-state index is 0.105. The molecule has 0 saturated carbocycles. The highest BCUT2D eigenvalue weighted by Crippen LogP contribution is 2.27. The number of nitriles is 1. The van der Waals surface area contributed by atoms with E-state index >= 15 is 0 Å². The topological polar surface area (TPSA) is 95.1 Å². The van der Waals surface area contributed by atoms with Crippen molar-refractivity contribution >= 4 is 17.2 Å². The van der Waals surface area contributed by atoms with E-state index in [0.29, 0.717) is 11.3 Å². The number of hydrogen-bond donors (Lipinski definition) is 1. The number of nitrogens with one attached hydrogen (secondary N) is 1. The summed E-state index contributed by atoms with van der Waals surface area (Å²) in [5, 5.41) is 23.2. The normalized spacial score (nSPS) is 14.9. The molecule has 3 rings (SSSR count). The van der Waals surface area contributed by atoms with Gasteiger partial charge in [-0.2, -0.15) is 5.26 Å². The third-order valence-electron chi connectivity index (χ3n) is 4.16. The van der Waals surface area contributed by atoms with Crippen LogP contribution < -0.4 is 10.2 Å². The van der Waals surface area contributed by atoms with Crippen molar-refractivity contribution in [2.45, 2.75) is 18.9 Å². The zero-order valence-electron chi connectivity index (χ0n) is 13.1. The van der Waals surface area contributed by atoms with Gasteiger partial charge in [0.1, 0.15) is 17.6 Å². The quantitative estimate of drug-likeness (QED) is 0.686. The standard InChI is InChI=1S/C17H17N5O2/c18-11-13-5-6-17(19-12-13)21-9-7-14(8-10-21)20-15-3-1-2-4-16(15)22(23)24/h1-6,12,14,20H,7-10H2. The maximum atomic E-state index is 11.1. The largest absolute Gasteiger partial charge is 0.377 e. The summed E-state index contributed by atoms with van der Waals surface area (Å²) >= 11 is 0. The molecule has 0 bridgehead atoms. The number of aromatic nitrogens is 1. The lowest BCUT2D eigenvalue weighted by Crippen LogP contribution is -2.39. The van der Waals surface area contributed by atoms with Gasteiger partial charge in [-0.1, -0.05) is 12.1 Å². The van der Waals surface area contributed by atoms with E-state index in [9.17, 15) is 10.1 Å². The van der Waals surface area contributed by atoms with Crippen LogP contribution in [-0.4, -0.2) is 29.0 Å². The first kappa shape index (κ1) is 15.7. The van der Waals surface area contributed by atoms with Crippen molar-refractivity contribution in [3.63, 3.8) is 0 Å². The lowest BCUT2D eigenvalue weighted by molar-refractivity contribution is -0.384. The summed E-state index contributed by atoms with van der Waals surface area (Å²) in [6.07, 6.45) is 3.31. The highest BCUT2D eigenvalue weighted by Gasteiger charge is 2.22. The Labute approximate surface area is 139 Å². The summed E-state index contributed by atoms with van der Waals surface area (Å²) in [6, 6.07) is 12.6. The highest BCUT2D eigenvalue weighted by atomic mass is 16.6. The van der Waals surface area contributed by atoms with Gasteiger partial charge in [0, 0.05) is 31.4 Å². The van der Waals surface area contributed by atoms with Gasteiger partial charge in [-0.3, -0.25) is 10.1 Å². The number of para-hydroxylation sites is 2. The molecule has 1 fully saturated rings. The lowest BCUT2D eigenvalue weighted by Gasteiger charge is -2.33. The molecule has 1 N–H and O–H groups in total. The first-order chi connectivity index (χ1) is 11.7. The second-order valence-electron chi connectivity index (χ2n) is 5.70. The first-order valence-corrected chi connectivity index (χ1v) is 7.78. The molecule has 0 unspecified atom stereocenters. The smallest absolute Gasteiger partial charge is 0.292 e. The van der Waals surface area contributed by atoms with Crippen LogP contribution in [0.5, 0.6) is 0 Å². The van der Waals surface area contributed by atoms with E-state index in [0.717, 1.165) is 31.7 Å². The second kappa shape index (κ2) is 6.96. The van der Waals surface area contributed by atoms with E-state index in [2.05, 4.69) is 21.3 Å². The summed E-state index contributed by atoms with van der Waals surface area (Å²) in [6.45, 7) is 1.63. The van der Waals surface area contributed by atoms with Crippen molar-refractivity contribution in [3.8, 4) is 6.07 Å². The van der Waals surface area contributed by atoms with Crippen molar-refractivity contribution in [2.75, 3.05) is 23.3 Å². The van der Waals surface area contributed by atoms with Crippen LogP contribution in [0.3, 0.4) is 0 Å². The van der Waals surface area contributed by atoms with Crippen LogP contribution in [-0.2, 0) is 0 Å². The van der Waals surface area contributed by atoms with Crippen LogP contribution >= 0.6 is 0 Å². The number of benzene rings is 1. The molecule has 0 aliphatic carbocycles. The van der Waals surface area contributed by atoms with Crippen LogP contribution in [0, 0.1) is 21.4 Å². The molecule has 1 aromatic heterocycles. The van der Waals surface area contributed by atoms with Gasteiger partial charge in [-0.05, 0) is 31.0 Å². The summed E-state index contributed by atoms with van der Waals surface area (Å²) < 4.78 is 0. The third-order valence-corrected chi connectivity index (χ3v) is 4.16. The Morgan fingerprint density at radius 2 is 2.00 bits per heavy atom. The SMILES string of the molecule is N#Cc1ccc(N2CCC(Nc3ccccc3[N+](=O)[O-])CC2)nc1. The van der Waals surface area contributed by atoms with Gasteiger partial charge >= 0.3 is 0 Å². The van der Waals surface area contributed by atoms with Gasteiger partial charge in [0.05, 0.1) is 10.5 Å². The number of hydrogen-bond acceptors (Lipinski definition) is 6. The van der Waals surface area contributed by atoms with Crippen LogP contribution in [0.4, 0.5) is 17.2 Å². The molecule has 7 heteroatoms. The Bertz CT molecular complexity index is 761. The predicted octanol–water partition coefficient (Wildman–Crippen LogP) is 2.94. The Morgan fingerprint density at radius 3 is 2.62 bits per heavy atom. The van der Waals surface area contributed by atoms with E-state index in [1.54, 1.807) is 30.5 Å². The van der Waals surface area contributed by atoms with E-state index in [4.69, 9.17) is 5.26 Å². The Kier molecular flexibility index (Phi) is 4.57. The first-order valence-electron chi connectivity index (χ1n) is 7.78. The number of nitrogens with zero attached hydrogens (tertiary/aromatic N) is 4. The molecular formula is C17H17N5O2. The Hall–Kier alpha value is -3.14. The van der Waals surface area contributed by atoms with Gasteiger partial charge in [-0.25, -0.2) is 4.98 Å². The zero-order chi connectivity index (χ0) is 16.9. The monoisotopic (exact) mass is 323 g/mol. The van der Waals surface area contributed by atoms with Gasteiger partial charge in [0.15, 0.2) is 0 Å². The average Bonchev–Trinajstić information content (AvgIpc) is 2.63. The molecule has 1 saturated heterocycles. The maximum absolute atomic E-state index is 11.1. The van der Waals surface area contributed by atoms with Gasteiger partial charge in [0.25, 0.3) is 5.69 Å². The fraction of sp³-hybridized carbons (Fsp3) is 0.294. The predicted molar refractivity (Wildman–Crippen MR) is 90.9 cm³/mol. The van der Waals surface area contributed by atoms with Crippen molar-refractivity contribution in [1.82, 2.24) is 4.98 Å². The number of piperidine rings is 1. The third kappa shape index (κ3) is 3.43. The van der Waals surface area contributed by atoms with Gasteiger partial charge in [0.2, 0.25) is 0 Å². The van der Waals surface area contributed by atoms with E-state index in [1.165, 1.54) is 6.07 Å². The van der Waals surface area contributed by atoms with E-state index in [-0.39, 0.29) is 16.7 Å². The fourth-order valence-corrected chi connectivity index (χ4v) is 2.87. The summed E-state index contributed by atoms with van der Waals surface area (Å²) in [5.74, 6) is 0.859. The summed E-state index contributed by atoms with van der Waals surface area (Å²) in [7, 11) is 0. The molecular weight excluding hydrogens is 306 g/mol. The minimum Gasteiger partial charge on any atom is -0.377 e. The minimum atomic E-state index is -0.363. The Balaban J connectivity index is 1.61. The van der Waals surface area contributed by atoms with Crippen LogP contribution in [0.1, 0.15) is 18.4 Å². The molecule has 0 atom stereocenters. The van der Waals surface area contributed by atoms with Crippen molar-refractivity contribution in [1.29, 1.82) is 5.26 Å².